The van der Waals surface area contributed by atoms with Crippen molar-refractivity contribution in [1.82, 2.24) is 15.2 Å². The van der Waals surface area contributed by atoms with E-state index in [2.05, 4.69) is 10.3 Å². The molecule has 1 saturated carbocycles. The van der Waals surface area contributed by atoms with Gasteiger partial charge in [-0.05, 0) is 80.0 Å². The minimum Gasteiger partial charge on any atom is -0.508 e. The highest BCUT2D eigenvalue weighted by atomic mass is 16.6. The maximum atomic E-state index is 12.7. The lowest BCUT2D eigenvalue weighted by Crippen LogP contribution is -2.28. The normalized spacial score (nSPS) is 13.5. The lowest BCUT2D eigenvalue weighted by atomic mass is 9.93. The van der Waals surface area contributed by atoms with E-state index in [9.17, 15) is 15.0 Å². The molecule has 0 radical (unpaired) electrons. The van der Waals surface area contributed by atoms with Crippen LogP contribution in [-0.2, 0) is 16.1 Å². The van der Waals surface area contributed by atoms with Crippen LogP contribution in [0.2, 0.25) is 0 Å². The Morgan fingerprint density at radius 3 is 2.49 bits per heavy atom. The van der Waals surface area contributed by atoms with E-state index in [1.165, 1.54) is 6.07 Å². The van der Waals surface area contributed by atoms with Gasteiger partial charge in [-0.3, -0.25) is 15.1 Å². The molecule has 1 aliphatic carbocycles. The van der Waals surface area contributed by atoms with E-state index in [4.69, 9.17) is 20.2 Å². The summed E-state index contributed by atoms with van der Waals surface area (Å²) in [5.74, 6) is 6.60. The van der Waals surface area contributed by atoms with E-state index in [-0.39, 0.29) is 35.6 Å². The van der Waals surface area contributed by atoms with Gasteiger partial charge in [-0.2, -0.15) is 5.90 Å². The fraction of sp³-hybridized carbons (Fsp3) is 0.273. The summed E-state index contributed by atoms with van der Waals surface area (Å²) in [4.78, 5) is 24.5. The van der Waals surface area contributed by atoms with E-state index in [1.54, 1.807) is 31.5 Å². The Hall–Kier alpha value is -4.80. The van der Waals surface area contributed by atoms with Crippen molar-refractivity contribution in [1.29, 1.82) is 0 Å². The summed E-state index contributed by atoms with van der Waals surface area (Å²) in [7, 11) is 5.54. The third-order valence-electron chi connectivity index (χ3n) is 7.40. The van der Waals surface area contributed by atoms with Gasteiger partial charge in [-0.1, -0.05) is 18.2 Å². The van der Waals surface area contributed by atoms with E-state index in [0.717, 1.165) is 24.8 Å². The lowest BCUT2D eigenvalue weighted by Gasteiger charge is -2.18. The Bertz CT molecular complexity index is 1650. The van der Waals surface area contributed by atoms with Gasteiger partial charge in [0, 0.05) is 47.7 Å². The second-order valence-electron chi connectivity index (χ2n) is 10.8. The molecule has 1 heterocycles. The van der Waals surface area contributed by atoms with Gasteiger partial charge >= 0.3 is 0 Å². The van der Waals surface area contributed by atoms with Gasteiger partial charge in [0.15, 0.2) is 0 Å². The summed E-state index contributed by atoms with van der Waals surface area (Å²) in [6, 6.07) is 17.7. The number of fused-ring (bicyclic) bond motifs is 1. The monoisotopic (exact) mass is 584 g/mol. The van der Waals surface area contributed by atoms with Crippen LogP contribution in [0, 0.1) is 5.92 Å². The molecule has 0 spiro atoms. The Kier molecular flexibility index (Phi) is 8.98. The number of carbonyl (C=O) groups excluding carboxylic acids is 1. The number of allylic oxidation sites excluding steroid dienone is 1. The number of aromatic nitrogens is 1. The maximum absolute atomic E-state index is 12.7. The molecule has 3 aromatic carbocycles. The van der Waals surface area contributed by atoms with Crippen molar-refractivity contribution in [2.45, 2.75) is 19.3 Å². The average Bonchev–Trinajstić information content (AvgIpc) is 3.86. The van der Waals surface area contributed by atoms with Crippen molar-refractivity contribution in [2.75, 3.05) is 34.4 Å². The standard InChI is InChI=1S/C33H36N4O6/c1-37(2)15-16-42-30-13-12-24(25-5-4-14-35-31(25)30)27-18-22(28(38)19-29(27)39)17-26(20-8-10-23(41-3)11-9-20)33(43-34)36-32(40)21-6-7-21/h4-5,8-14,18-19,21,38-39H,6-7,15-17,34H2,1-3H3,(H,36,40). The molecule has 43 heavy (non-hydrogen) atoms. The largest absolute Gasteiger partial charge is 0.508 e. The molecule has 10 nitrogen and oxygen atoms in total. The molecule has 10 heteroatoms. The molecule has 0 atom stereocenters. The van der Waals surface area contributed by atoms with Crippen molar-refractivity contribution in [3.8, 4) is 34.1 Å². The van der Waals surface area contributed by atoms with Gasteiger partial charge in [0.1, 0.15) is 35.1 Å². The number of methoxy groups -OCH3 is 1. The van der Waals surface area contributed by atoms with Crippen LogP contribution >= 0.6 is 0 Å². The van der Waals surface area contributed by atoms with Gasteiger partial charge in [-0.25, -0.2) is 0 Å². The number of carbonyl (C=O) groups is 1. The SMILES string of the molecule is COc1ccc(C(Cc2cc(-c3ccc(OCCN(C)C)c4ncccc34)c(O)cc2O)=C(NC(=O)C2CC2)ON)cc1. The van der Waals surface area contributed by atoms with Crippen molar-refractivity contribution >= 4 is 22.4 Å². The van der Waals surface area contributed by atoms with Crippen molar-refractivity contribution in [3.63, 3.8) is 0 Å². The van der Waals surface area contributed by atoms with E-state index >= 15 is 0 Å². The molecule has 224 valence electrons. The summed E-state index contributed by atoms with van der Waals surface area (Å²) >= 11 is 0. The fourth-order valence-corrected chi connectivity index (χ4v) is 4.85. The minimum atomic E-state index is -0.172. The molecule has 1 aliphatic rings. The summed E-state index contributed by atoms with van der Waals surface area (Å²) in [6.45, 7) is 1.24. The number of likely N-dealkylation sites (N-methyl/N-ethyl adjacent to an activating group) is 1. The number of benzene rings is 3. The summed E-state index contributed by atoms with van der Waals surface area (Å²) in [5.41, 5.74) is 3.61. The van der Waals surface area contributed by atoms with Gasteiger partial charge < -0.3 is 29.4 Å². The Balaban J connectivity index is 1.57. The quantitative estimate of drug-likeness (QED) is 0.139. The summed E-state index contributed by atoms with van der Waals surface area (Å²) in [5, 5.41) is 25.6. The van der Waals surface area contributed by atoms with Gasteiger partial charge in [-0.15, -0.1) is 0 Å². The average molecular weight is 585 g/mol. The summed E-state index contributed by atoms with van der Waals surface area (Å²) in [6.07, 6.45) is 3.45. The van der Waals surface area contributed by atoms with Crippen molar-refractivity contribution in [2.24, 2.45) is 11.8 Å². The highest BCUT2D eigenvalue weighted by Gasteiger charge is 2.31. The van der Waals surface area contributed by atoms with Crippen LogP contribution in [0.15, 0.2) is 72.7 Å². The highest BCUT2D eigenvalue weighted by molar-refractivity contribution is 5.99. The second-order valence-corrected chi connectivity index (χ2v) is 10.8. The number of phenolic OH excluding ortho intramolecular Hbond substituents is 2. The second kappa shape index (κ2) is 13.0. The number of ether oxygens (including phenoxy) is 2. The minimum absolute atomic E-state index is 0.0762. The zero-order chi connectivity index (χ0) is 30.5. The van der Waals surface area contributed by atoms with Crippen LogP contribution in [0.1, 0.15) is 24.0 Å². The Morgan fingerprint density at radius 2 is 1.81 bits per heavy atom. The number of hydrogen-bond donors (Lipinski definition) is 4. The first kappa shape index (κ1) is 29.7. The number of phenols is 2. The molecule has 4 aromatic rings. The molecule has 0 bridgehead atoms. The number of amides is 1. The third kappa shape index (κ3) is 6.82. The highest BCUT2D eigenvalue weighted by Crippen LogP contribution is 2.41. The number of pyridine rings is 1. The first-order chi connectivity index (χ1) is 20.8. The van der Waals surface area contributed by atoms with Crippen LogP contribution in [0.5, 0.6) is 23.0 Å². The van der Waals surface area contributed by atoms with Crippen molar-refractivity contribution < 1.29 is 29.3 Å². The van der Waals surface area contributed by atoms with Crippen LogP contribution < -0.4 is 20.7 Å². The molecule has 0 aliphatic heterocycles. The number of rotatable bonds is 12. The summed E-state index contributed by atoms with van der Waals surface area (Å²) < 4.78 is 11.3. The number of nitrogens with one attached hydrogen (secondary N) is 1. The molecule has 1 fully saturated rings. The number of hydrogen-bond acceptors (Lipinski definition) is 9. The van der Waals surface area contributed by atoms with Crippen molar-refractivity contribution in [3.05, 3.63) is 83.9 Å². The van der Waals surface area contributed by atoms with Gasteiger partial charge in [0.05, 0.1) is 7.11 Å². The smallest absolute Gasteiger partial charge is 0.229 e. The number of nitrogens with two attached hydrogens (primary N) is 1. The topological polar surface area (TPSA) is 139 Å². The predicted molar refractivity (Wildman–Crippen MR) is 164 cm³/mol. The van der Waals surface area contributed by atoms with Gasteiger partial charge in [0.25, 0.3) is 0 Å². The van der Waals surface area contributed by atoms with Crippen LogP contribution in [0.25, 0.3) is 27.6 Å². The maximum Gasteiger partial charge on any atom is 0.229 e. The van der Waals surface area contributed by atoms with E-state index in [1.807, 2.05) is 55.4 Å². The lowest BCUT2D eigenvalue weighted by molar-refractivity contribution is -0.122. The Labute approximate surface area is 250 Å². The fourth-order valence-electron chi connectivity index (χ4n) is 4.85. The van der Waals surface area contributed by atoms with Crippen LogP contribution in [0.4, 0.5) is 0 Å². The predicted octanol–water partition coefficient (Wildman–Crippen LogP) is 4.59. The molecule has 5 rings (SSSR count). The van der Waals surface area contributed by atoms with Gasteiger partial charge in [0.2, 0.25) is 11.8 Å². The molecule has 1 amide bonds. The number of nitrogens with zero attached hydrogens (tertiary/aromatic N) is 2. The molecule has 1 aromatic heterocycles. The first-order valence-corrected chi connectivity index (χ1v) is 14.0. The zero-order valence-corrected chi connectivity index (χ0v) is 24.5. The molecule has 5 N–H and O–H groups in total. The molecular formula is C33H36N4O6. The molecule has 0 unspecified atom stereocenters. The Morgan fingerprint density at radius 1 is 1.05 bits per heavy atom. The van der Waals surface area contributed by atoms with Crippen LogP contribution in [-0.4, -0.2) is 60.4 Å². The van der Waals surface area contributed by atoms with E-state index < -0.39 is 0 Å². The van der Waals surface area contributed by atoms with Crippen LogP contribution in [0.3, 0.4) is 0 Å². The van der Waals surface area contributed by atoms with E-state index in [0.29, 0.717) is 51.4 Å². The third-order valence-corrected chi connectivity index (χ3v) is 7.40. The molecular weight excluding hydrogens is 548 g/mol. The first-order valence-electron chi connectivity index (χ1n) is 14.0. The number of aromatic hydroxyl groups is 2. The molecule has 0 saturated heterocycles. The zero-order valence-electron chi connectivity index (χ0n) is 24.5.